The summed E-state index contributed by atoms with van der Waals surface area (Å²) in [4.78, 5) is 0. The zero-order valence-corrected chi connectivity index (χ0v) is 11.4. The Morgan fingerprint density at radius 1 is 1.00 bits per heavy atom. The van der Waals surface area contributed by atoms with E-state index < -0.39 is 0 Å². The molecular formula is C14H20BNO2. The molecule has 1 aromatic carbocycles. The molecule has 0 aromatic heterocycles. The monoisotopic (exact) mass is 245 g/mol. The normalized spacial score (nSPS) is 21.7. The van der Waals surface area contributed by atoms with Gasteiger partial charge in [-0.15, -0.1) is 0 Å². The molecule has 0 atom stereocenters. The molecule has 0 bridgehead atoms. The van der Waals surface area contributed by atoms with Crippen LogP contribution in [0.15, 0.2) is 30.2 Å². The van der Waals surface area contributed by atoms with Crippen molar-refractivity contribution < 1.29 is 9.31 Å². The molecule has 0 saturated carbocycles. The van der Waals surface area contributed by atoms with Crippen molar-refractivity contribution in [2.24, 2.45) is 0 Å². The van der Waals surface area contributed by atoms with Gasteiger partial charge in [-0.25, -0.2) is 0 Å². The van der Waals surface area contributed by atoms with Crippen molar-refractivity contribution in [3.63, 3.8) is 0 Å². The lowest BCUT2D eigenvalue weighted by Gasteiger charge is -2.32. The van der Waals surface area contributed by atoms with Crippen molar-refractivity contribution in [3.8, 4) is 0 Å². The Hall–Kier alpha value is -1.26. The zero-order valence-electron chi connectivity index (χ0n) is 11.4. The summed E-state index contributed by atoms with van der Waals surface area (Å²) in [5.74, 6) is 1.93. The van der Waals surface area contributed by atoms with Crippen LogP contribution in [0.25, 0.3) is 6.08 Å². The highest BCUT2D eigenvalue weighted by Crippen LogP contribution is 2.36. The molecule has 0 aliphatic carbocycles. The number of hydrogen-bond donors (Lipinski definition) is 1. The lowest BCUT2D eigenvalue weighted by atomic mass is 9.89. The van der Waals surface area contributed by atoms with Gasteiger partial charge in [-0.1, -0.05) is 24.2 Å². The Labute approximate surface area is 109 Å². The molecule has 18 heavy (non-hydrogen) atoms. The van der Waals surface area contributed by atoms with Crippen LogP contribution in [0.5, 0.6) is 0 Å². The highest BCUT2D eigenvalue weighted by atomic mass is 16.7. The fraction of sp³-hybridized carbons (Fsp3) is 0.429. The van der Waals surface area contributed by atoms with E-state index in [0.29, 0.717) is 0 Å². The zero-order chi connectivity index (χ0) is 13.4. The van der Waals surface area contributed by atoms with Gasteiger partial charge < -0.3 is 15.0 Å². The fourth-order valence-corrected chi connectivity index (χ4v) is 1.76. The number of anilines is 1. The van der Waals surface area contributed by atoms with Gasteiger partial charge in [-0.05, 0) is 45.4 Å². The minimum Gasteiger partial charge on any atom is -0.400 e. The van der Waals surface area contributed by atoms with Crippen LogP contribution in [-0.4, -0.2) is 18.3 Å². The number of nitrogen functional groups attached to an aromatic ring is 1. The van der Waals surface area contributed by atoms with Crippen molar-refractivity contribution in [2.75, 3.05) is 5.73 Å². The van der Waals surface area contributed by atoms with Crippen molar-refractivity contribution in [3.05, 3.63) is 35.8 Å². The summed E-state index contributed by atoms with van der Waals surface area (Å²) >= 11 is 0. The molecule has 3 nitrogen and oxygen atoms in total. The largest absolute Gasteiger partial charge is 0.487 e. The maximum Gasteiger partial charge on any atom is 0.487 e. The summed E-state index contributed by atoms with van der Waals surface area (Å²) in [6, 6.07) is 7.70. The molecular weight excluding hydrogens is 225 g/mol. The van der Waals surface area contributed by atoms with Crippen molar-refractivity contribution >= 4 is 18.9 Å². The van der Waals surface area contributed by atoms with E-state index in [0.717, 1.165) is 11.3 Å². The Balaban J connectivity index is 2.06. The van der Waals surface area contributed by atoms with E-state index in [1.165, 1.54) is 0 Å². The molecule has 0 unspecified atom stereocenters. The minimum absolute atomic E-state index is 0.289. The third-order valence-electron chi connectivity index (χ3n) is 3.65. The number of benzene rings is 1. The topological polar surface area (TPSA) is 44.5 Å². The van der Waals surface area contributed by atoms with Gasteiger partial charge in [0.05, 0.1) is 11.2 Å². The van der Waals surface area contributed by atoms with Crippen LogP contribution in [0.3, 0.4) is 0 Å². The Morgan fingerprint density at radius 2 is 1.50 bits per heavy atom. The van der Waals surface area contributed by atoms with Gasteiger partial charge in [0.25, 0.3) is 0 Å². The van der Waals surface area contributed by atoms with Gasteiger partial charge in [-0.3, -0.25) is 0 Å². The molecule has 1 aromatic rings. The number of nitrogens with two attached hydrogens (primary N) is 1. The molecule has 4 heteroatoms. The summed E-state index contributed by atoms with van der Waals surface area (Å²) in [5.41, 5.74) is 6.91. The van der Waals surface area contributed by atoms with Crippen LogP contribution in [-0.2, 0) is 9.31 Å². The highest BCUT2D eigenvalue weighted by Gasteiger charge is 2.49. The maximum absolute atomic E-state index is 5.88. The van der Waals surface area contributed by atoms with Crippen LogP contribution in [0.1, 0.15) is 33.3 Å². The van der Waals surface area contributed by atoms with Gasteiger partial charge in [0.2, 0.25) is 0 Å². The quantitative estimate of drug-likeness (QED) is 0.643. The molecule has 1 heterocycles. The molecule has 1 saturated heterocycles. The van der Waals surface area contributed by atoms with Crippen LogP contribution < -0.4 is 5.73 Å². The molecule has 96 valence electrons. The molecule has 1 aliphatic rings. The molecule has 1 aliphatic heterocycles. The Bertz CT molecular complexity index is 435. The van der Waals surface area contributed by atoms with Gasteiger partial charge in [0.1, 0.15) is 0 Å². The summed E-state index contributed by atoms with van der Waals surface area (Å²) in [5, 5.41) is 0. The molecule has 0 amide bonds. The molecule has 2 N–H and O–H groups in total. The van der Waals surface area contributed by atoms with Gasteiger partial charge in [-0.2, -0.15) is 0 Å². The van der Waals surface area contributed by atoms with Crippen molar-refractivity contribution in [1.29, 1.82) is 0 Å². The number of hydrogen-bond acceptors (Lipinski definition) is 3. The lowest BCUT2D eigenvalue weighted by Crippen LogP contribution is -2.41. The van der Waals surface area contributed by atoms with Crippen LogP contribution in [0.4, 0.5) is 5.69 Å². The van der Waals surface area contributed by atoms with E-state index >= 15 is 0 Å². The van der Waals surface area contributed by atoms with E-state index in [9.17, 15) is 0 Å². The molecule has 1 fully saturated rings. The van der Waals surface area contributed by atoms with Gasteiger partial charge >= 0.3 is 7.12 Å². The Kier molecular flexibility index (Phi) is 3.26. The van der Waals surface area contributed by atoms with E-state index in [4.69, 9.17) is 15.0 Å². The van der Waals surface area contributed by atoms with Gasteiger partial charge in [0, 0.05) is 5.69 Å². The average molecular weight is 245 g/mol. The highest BCUT2D eigenvalue weighted by molar-refractivity contribution is 6.52. The van der Waals surface area contributed by atoms with Crippen molar-refractivity contribution in [2.45, 2.75) is 38.9 Å². The SMILES string of the molecule is CC1(C)OB(/C=C/c2ccc(N)cc2)OC1(C)C. The smallest absolute Gasteiger partial charge is 0.400 e. The first-order valence-electron chi connectivity index (χ1n) is 6.20. The Morgan fingerprint density at radius 3 is 2.00 bits per heavy atom. The van der Waals surface area contributed by atoms with E-state index in [1.54, 1.807) is 0 Å². The van der Waals surface area contributed by atoms with E-state index in [1.807, 2.05) is 64.0 Å². The lowest BCUT2D eigenvalue weighted by molar-refractivity contribution is 0.00578. The first-order chi connectivity index (χ1) is 8.30. The van der Waals surface area contributed by atoms with Crippen molar-refractivity contribution in [1.82, 2.24) is 0 Å². The second-order valence-corrected chi connectivity index (χ2v) is 5.65. The minimum atomic E-state index is -0.299. The molecule has 2 rings (SSSR count). The third-order valence-corrected chi connectivity index (χ3v) is 3.65. The molecule has 0 spiro atoms. The second kappa shape index (κ2) is 4.45. The first-order valence-corrected chi connectivity index (χ1v) is 6.20. The summed E-state index contributed by atoms with van der Waals surface area (Å²) in [6.07, 6.45) is 1.99. The first kappa shape index (κ1) is 13.2. The van der Waals surface area contributed by atoms with E-state index in [2.05, 4.69) is 0 Å². The summed E-state index contributed by atoms with van der Waals surface area (Å²) < 4.78 is 11.8. The predicted molar refractivity (Wildman–Crippen MR) is 76.0 cm³/mol. The standard InChI is InChI=1S/C14H20BNO2/c1-13(2)14(3,4)18-15(17-13)10-9-11-5-7-12(16)8-6-11/h5-10H,16H2,1-4H3/b10-9+. The van der Waals surface area contributed by atoms with Crippen LogP contribution in [0, 0.1) is 0 Å². The average Bonchev–Trinajstić information content (AvgIpc) is 2.47. The second-order valence-electron chi connectivity index (χ2n) is 5.65. The van der Waals surface area contributed by atoms with Crippen LogP contribution in [0.2, 0.25) is 0 Å². The van der Waals surface area contributed by atoms with Crippen LogP contribution >= 0.6 is 0 Å². The molecule has 0 radical (unpaired) electrons. The fourth-order valence-electron chi connectivity index (χ4n) is 1.76. The third kappa shape index (κ3) is 2.60. The van der Waals surface area contributed by atoms with E-state index in [-0.39, 0.29) is 18.3 Å². The predicted octanol–water partition coefficient (Wildman–Crippen LogP) is 2.91. The summed E-state index contributed by atoms with van der Waals surface area (Å²) in [7, 11) is -0.299. The summed E-state index contributed by atoms with van der Waals surface area (Å²) in [6.45, 7) is 8.18. The van der Waals surface area contributed by atoms with Gasteiger partial charge in [0.15, 0.2) is 0 Å². The maximum atomic E-state index is 5.88. The number of rotatable bonds is 2.